The third-order valence-electron chi connectivity index (χ3n) is 2.50. The molecule has 1 rings (SSSR count). The number of amides is 1. The molecule has 0 atom stereocenters. The topological polar surface area (TPSA) is 58.1 Å². The van der Waals surface area contributed by atoms with Gasteiger partial charge in [0.05, 0.1) is 12.2 Å². The number of likely N-dealkylation sites (N-methyl/N-ethyl adjacent to an activating group) is 1. The molecular formula is C11H17FN4O. The van der Waals surface area contributed by atoms with Gasteiger partial charge in [-0.05, 0) is 13.3 Å². The van der Waals surface area contributed by atoms with Crippen molar-refractivity contribution in [2.24, 2.45) is 0 Å². The zero-order valence-electron chi connectivity index (χ0n) is 10.3. The second-order valence-corrected chi connectivity index (χ2v) is 3.60. The molecule has 1 aromatic heterocycles. The summed E-state index contributed by atoms with van der Waals surface area (Å²) in [7, 11) is 1.69. The summed E-state index contributed by atoms with van der Waals surface area (Å²) in [5.41, 5.74) is 0.346. The van der Waals surface area contributed by atoms with Gasteiger partial charge in [0.1, 0.15) is 6.33 Å². The Balaban J connectivity index is 2.67. The summed E-state index contributed by atoms with van der Waals surface area (Å²) in [6.07, 6.45) is 1.78. The fourth-order valence-corrected chi connectivity index (χ4v) is 1.25. The highest BCUT2D eigenvalue weighted by atomic mass is 19.1. The summed E-state index contributed by atoms with van der Waals surface area (Å²) in [5, 5.41) is 2.69. The molecule has 6 heteroatoms. The summed E-state index contributed by atoms with van der Waals surface area (Å²) < 4.78 is 13.7. The maximum Gasteiger partial charge on any atom is 0.241 e. The first-order chi connectivity index (χ1) is 8.10. The molecule has 1 N–H and O–H groups in total. The van der Waals surface area contributed by atoms with Gasteiger partial charge in [0.25, 0.3) is 0 Å². The van der Waals surface area contributed by atoms with Crippen molar-refractivity contribution in [2.75, 3.05) is 25.5 Å². The molecule has 0 unspecified atom stereocenters. The molecule has 1 amide bonds. The molecule has 1 aromatic rings. The number of nitrogens with one attached hydrogen (secondary N) is 1. The fraction of sp³-hybridized carbons (Fsp3) is 0.545. The van der Waals surface area contributed by atoms with Crippen molar-refractivity contribution in [3.05, 3.63) is 17.8 Å². The number of rotatable bonds is 5. The van der Waals surface area contributed by atoms with E-state index in [1.807, 2.05) is 13.8 Å². The molecule has 0 aromatic carbocycles. The van der Waals surface area contributed by atoms with E-state index in [9.17, 15) is 9.18 Å². The van der Waals surface area contributed by atoms with Gasteiger partial charge in [0.2, 0.25) is 5.91 Å². The Morgan fingerprint density at radius 2 is 2.18 bits per heavy atom. The van der Waals surface area contributed by atoms with Gasteiger partial charge in [-0.1, -0.05) is 6.92 Å². The Kier molecular flexibility index (Phi) is 4.81. The van der Waals surface area contributed by atoms with E-state index in [0.717, 1.165) is 0 Å². The highest BCUT2D eigenvalue weighted by Crippen LogP contribution is 2.12. The van der Waals surface area contributed by atoms with Crippen molar-refractivity contribution in [1.29, 1.82) is 0 Å². The van der Waals surface area contributed by atoms with Gasteiger partial charge in [-0.15, -0.1) is 0 Å². The first-order valence-corrected chi connectivity index (χ1v) is 5.57. The van der Waals surface area contributed by atoms with Crippen molar-refractivity contribution in [1.82, 2.24) is 14.9 Å². The van der Waals surface area contributed by atoms with E-state index in [4.69, 9.17) is 0 Å². The van der Waals surface area contributed by atoms with Crippen LogP contribution >= 0.6 is 0 Å². The number of carbonyl (C=O) groups excluding carboxylic acids is 1. The summed E-state index contributed by atoms with van der Waals surface area (Å²) in [4.78, 5) is 20.6. The molecule has 0 aliphatic carbocycles. The standard InChI is InChI=1S/C11H17FN4O/c1-4-8-10(12)11(15-7-14-8)13-6-9(17)16(3)5-2/h7H,4-6H2,1-3H3,(H,13,14,15). The Hall–Kier alpha value is -1.72. The van der Waals surface area contributed by atoms with Crippen molar-refractivity contribution in [3.8, 4) is 0 Å². The van der Waals surface area contributed by atoms with Crippen LogP contribution in [0.2, 0.25) is 0 Å². The minimum Gasteiger partial charge on any atom is -0.358 e. The van der Waals surface area contributed by atoms with Crippen LogP contribution in [-0.2, 0) is 11.2 Å². The van der Waals surface area contributed by atoms with Gasteiger partial charge in [-0.3, -0.25) is 4.79 Å². The van der Waals surface area contributed by atoms with Crippen LogP contribution in [-0.4, -0.2) is 40.9 Å². The van der Waals surface area contributed by atoms with E-state index in [0.29, 0.717) is 18.7 Å². The fourth-order valence-electron chi connectivity index (χ4n) is 1.25. The number of aromatic nitrogens is 2. The predicted molar refractivity (Wildman–Crippen MR) is 63.2 cm³/mol. The summed E-state index contributed by atoms with van der Waals surface area (Å²) in [5.74, 6) is -0.514. The number of hydrogen-bond donors (Lipinski definition) is 1. The van der Waals surface area contributed by atoms with Crippen molar-refractivity contribution in [2.45, 2.75) is 20.3 Å². The van der Waals surface area contributed by atoms with Gasteiger partial charge in [-0.2, -0.15) is 0 Å². The number of halogens is 1. The van der Waals surface area contributed by atoms with Gasteiger partial charge >= 0.3 is 0 Å². The van der Waals surface area contributed by atoms with Crippen LogP contribution in [0.1, 0.15) is 19.5 Å². The zero-order valence-corrected chi connectivity index (χ0v) is 10.3. The first-order valence-electron chi connectivity index (χ1n) is 5.57. The Bertz CT molecular complexity index is 397. The lowest BCUT2D eigenvalue weighted by molar-refractivity contribution is -0.127. The van der Waals surface area contributed by atoms with E-state index in [1.165, 1.54) is 6.33 Å². The number of nitrogens with zero attached hydrogens (tertiary/aromatic N) is 3. The number of anilines is 1. The average Bonchev–Trinajstić information content (AvgIpc) is 2.36. The molecule has 0 aliphatic heterocycles. The molecule has 17 heavy (non-hydrogen) atoms. The number of carbonyl (C=O) groups is 1. The summed E-state index contributed by atoms with van der Waals surface area (Å²) in [6, 6.07) is 0. The van der Waals surface area contributed by atoms with Crippen LogP contribution in [0.3, 0.4) is 0 Å². The molecule has 0 radical (unpaired) electrons. The SMILES string of the molecule is CCc1ncnc(NCC(=O)N(C)CC)c1F. The molecule has 0 saturated carbocycles. The maximum absolute atomic E-state index is 13.7. The van der Waals surface area contributed by atoms with Crippen molar-refractivity contribution >= 4 is 11.7 Å². The van der Waals surface area contributed by atoms with Gasteiger partial charge in [-0.25, -0.2) is 14.4 Å². The van der Waals surface area contributed by atoms with Crippen LogP contribution < -0.4 is 5.32 Å². The average molecular weight is 240 g/mol. The van der Waals surface area contributed by atoms with Crippen LogP contribution in [0.25, 0.3) is 0 Å². The normalized spacial score (nSPS) is 10.1. The second-order valence-electron chi connectivity index (χ2n) is 3.60. The highest BCUT2D eigenvalue weighted by Gasteiger charge is 2.11. The Morgan fingerprint density at radius 3 is 2.76 bits per heavy atom. The predicted octanol–water partition coefficient (Wildman–Crippen LogP) is 1.07. The van der Waals surface area contributed by atoms with Gasteiger partial charge < -0.3 is 10.2 Å². The summed E-state index contributed by atoms with van der Waals surface area (Å²) >= 11 is 0. The van der Waals surface area contributed by atoms with E-state index >= 15 is 0 Å². The maximum atomic E-state index is 13.7. The quantitative estimate of drug-likeness (QED) is 0.836. The van der Waals surface area contributed by atoms with Crippen LogP contribution in [0.5, 0.6) is 0 Å². The molecule has 0 bridgehead atoms. The molecule has 0 fully saturated rings. The highest BCUT2D eigenvalue weighted by molar-refractivity contribution is 5.80. The number of hydrogen-bond acceptors (Lipinski definition) is 4. The largest absolute Gasteiger partial charge is 0.358 e. The molecule has 0 saturated heterocycles. The van der Waals surface area contributed by atoms with Crippen molar-refractivity contribution < 1.29 is 9.18 Å². The Morgan fingerprint density at radius 1 is 1.47 bits per heavy atom. The lowest BCUT2D eigenvalue weighted by Gasteiger charge is -2.15. The molecular weight excluding hydrogens is 223 g/mol. The summed E-state index contributed by atoms with van der Waals surface area (Å²) in [6.45, 7) is 4.33. The van der Waals surface area contributed by atoms with Gasteiger partial charge in [0, 0.05) is 13.6 Å². The Labute approximate surface area is 100 Å². The second kappa shape index (κ2) is 6.12. The smallest absolute Gasteiger partial charge is 0.241 e. The van der Waals surface area contributed by atoms with E-state index in [-0.39, 0.29) is 18.3 Å². The minimum absolute atomic E-state index is 0.0292. The minimum atomic E-state index is -0.484. The van der Waals surface area contributed by atoms with Crippen LogP contribution in [0, 0.1) is 5.82 Å². The van der Waals surface area contributed by atoms with E-state index in [1.54, 1.807) is 11.9 Å². The zero-order chi connectivity index (χ0) is 12.8. The monoisotopic (exact) mass is 240 g/mol. The molecule has 1 heterocycles. The lowest BCUT2D eigenvalue weighted by atomic mass is 10.3. The van der Waals surface area contributed by atoms with Crippen molar-refractivity contribution in [3.63, 3.8) is 0 Å². The number of aryl methyl sites for hydroxylation is 1. The van der Waals surface area contributed by atoms with Crippen LogP contribution in [0.4, 0.5) is 10.2 Å². The lowest BCUT2D eigenvalue weighted by Crippen LogP contribution is -2.32. The van der Waals surface area contributed by atoms with Gasteiger partial charge in [0.15, 0.2) is 11.6 Å². The molecule has 0 spiro atoms. The van der Waals surface area contributed by atoms with Crippen LogP contribution in [0.15, 0.2) is 6.33 Å². The third-order valence-corrected chi connectivity index (χ3v) is 2.50. The van der Waals surface area contributed by atoms with E-state index in [2.05, 4.69) is 15.3 Å². The first kappa shape index (κ1) is 13.3. The molecule has 5 nitrogen and oxygen atoms in total. The van der Waals surface area contributed by atoms with E-state index < -0.39 is 5.82 Å². The molecule has 94 valence electrons. The molecule has 0 aliphatic rings. The third kappa shape index (κ3) is 3.37.